The number of carbonyl (C=O) groups excluding carboxylic acids is 2. The molecule has 2 fully saturated rings. The van der Waals surface area contributed by atoms with Gasteiger partial charge in [0.05, 0.1) is 12.2 Å². The highest BCUT2D eigenvalue weighted by molar-refractivity contribution is 5.78. The van der Waals surface area contributed by atoms with Crippen LogP contribution in [0.25, 0.3) is 0 Å². The average Bonchev–Trinajstić information content (AvgIpc) is 2.74. The van der Waals surface area contributed by atoms with Gasteiger partial charge in [-0.15, -0.1) is 0 Å². The first-order chi connectivity index (χ1) is 14.9. The van der Waals surface area contributed by atoms with Crippen LogP contribution in [0, 0.1) is 5.92 Å². The Balaban J connectivity index is 1.31. The van der Waals surface area contributed by atoms with E-state index < -0.39 is 0 Å². The number of piperidine rings is 1. The normalized spacial score (nSPS) is 22.9. The highest BCUT2D eigenvalue weighted by atomic mass is 16.5. The van der Waals surface area contributed by atoms with Gasteiger partial charge in [0.25, 0.3) is 0 Å². The van der Waals surface area contributed by atoms with E-state index in [9.17, 15) is 9.59 Å². The van der Waals surface area contributed by atoms with Gasteiger partial charge >= 0.3 is 6.03 Å². The Morgan fingerprint density at radius 2 is 1.74 bits per heavy atom. The SMILES string of the molecule is CC1CN(CC2CCN(C(=O)CCNC(=O)N(C)Cc3ccccc3)CC2)CC(C)O1. The van der Waals surface area contributed by atoms with Crippen LogP contribution in [0.2, 0.25) is 0 Å². The lowest BCUT2D eigenvalue weighted by molar-refractivity contribution is -0.132. The Kier molecular flexibility index (Phi) is 8.72. The van der Waals surface area contributed by atoms with E-state index in [0.717, 1.165) is 51.1 Å². The van der Waals surface area contributed by atoms with Crippen molar-refractivity contribution < 1.29 is 14.3 Å². The van der Waals surface area contributed by atoms with Crippen molar-refractivity contribution in [3.05, 3.63) is 35.9 Å². The number of hydrogen-bond donors (Lipinski definition) is 1. The van der Waals surface area contributed by atoms with Gasteiger partial charge in [-0.1, -0.05) is 30.3 Å². The Hall–Kier alpha value is -2.12. The number of nitrogens with one attached hydrogen (secondary N) is 1. The molecule has 3 amide bonds. The second kappa shape index (κ2) is 11.5. The summed E-state index contributed by atoms with van der Waals surface area (Å²) in [5.74, 6) is 0.783. The van der Waals surface area contributed by atoms with Gasteiger partial charge < -0.3 is 19.9 Å². The molecule has 0 radical (unpaired) electrons. The van der Waals surface area contributed by atoms with E-state index in [1.807, 2.05) is 35.2 Å². The van der Waals surface area contributed by atoms with Crippen LogP contribution in [0.15, 0.2) is 30.3 Å². The molecule has 0 saturated carbocycles. The van der Waals surface area contributed by atoms with E-state index in [1.165, 1.54) is 0 Å². The van der Waals surface area contributed by atoms with E-state index in [-0.39, 0.29) is 11.9 Å². The Bertz CT molecular complexity index is 696. The van der Waals surface area contributed by atoms with Crippen molar-refractivity contribution in [2.24, 2.45) is 5.92 Å². The quantitative estimate of drug-likeness (QED) is 0.722. The molecule has 3 rings (SSSR count). The minimum Gasteiger partial charge on any atom is -0.373 e. The lowest BCUT2D eigenvalue weighted by atomic mass is 9.95. The second-order valence-electron chi connectivity index (χ2n) is 9.12. The summed E-state index contributed by atoms with van der Waals surface area (Å²) in [7, 11) is 1.77. The van der Waals surface area contributed by atoms with Crippen LogP contribution in [-0.4, -0.2) is 85.2 Å². The number of nitrogens with zero attached hydrogens (tertiary/aromatic N) is 3. The predicted molar refractivity (Wildman–Crippen MR) is 122 cm³/mol. The molecule has 7 heteroatoms. The fraction of sp³-hybridized carbons (Fsp3) is 0.667. The number of ether oxygens (including phenoxy) is 1. The van der Waals surface area contributed by atoms with Gasteiger partial charge in [0.15, 0.2) is 0 Å². The molecule has 2 aliphatic rings. The maximum atomic E-state index is 12.6. The van der Waals surface area contributed by atoms with E-state index in [0.29, 0.717) is 37.6 Å². The predicted octanol–water partition coefficient (Wildman–Crippen LogP) is 2.57. The van der Waals surface area contributed by atoms with Crippen molar-refractivity contribution >= 4 is 11.9 Å². The van der Waals surface area contributed by atoms with E-state index in [1.54, 1.807) is 11.9 Å². The molecule has 0 spiro atoms. The number of amides is 3. The van der Waals surface area contributed by atoms with Crippen LogP contribution in [-0.2, 0) is 16.1 Å². The summed E-state index contributed by atoms with van der Waals surface area (Å²) in [6, 6.07) is 9.73. The summed E-state index contributed by atoms with van der Waals surface area (Å²) in [4.78, 5) is 30.9. The first kappa shape index (κ1) is 23.5. The van der Waals surface area contributed by atoms with Gasteiger partial charge in [-0.05, 0) is 38.2 Å². The van der Waals surface area contributed by atoms with Crippen molar-refractivity contribution in [1.29, 1.82) is 0 Å². The molecule has 2 heterocycles. The molecule has 1 aromatic rings. The molecule has 1 aromatic carbocycles. The number of likely N-dealkylation sites (tertiary alicyclic amines) is 1. The highest BCUT2D eigenvalue weighted by Crippen LogP contribution is 2.21. The lowest BCUT2D eigenvalue weighted by Crippen LogP contribution is -2.49. The largest absolute Gasteiger partial charge is 0.373 e. The number of carbonyl (C=O) groups is 2. The molecule has 0 aromatic heterocycles. The molecular formula is C24H38N4O3. The fourth-order valence-electron chi connectivity index (χ4n) is 4.66. The van der Waals surface area contributed by atoms with Gasteiger partial charge in [0.1, 0.15) is 0 Å². The van der Waals surface area contributed by atoms with Gasteiger partial charge in [0.2, 0.25) is 5.91 Å². The van der Waals surface area contributed by atoms with Crippen molar-refractivity contribution in [2.45, 2.75) is 51.9 Å². The Morgan fingerprint density at radius 3 is 2.39 bits per heavy atom. The summed E-state index contributed by atoms with van der Waals surface area (Å²) in [6.45, 7) is 9.95. The highest BCUT2D eigenvalue weighted by Gasteiger charge is 2.27. The molecule has 31 heavy (non-hydrogen) atoms. The standard InChI is InChI=1S/C24H38N4O3/c1-19-15-27(16-20(2)31-19)18-22-10-13-28(14-11-22)23(29)9-12-25-24(30)26(3)17-21-7-5-4-6-8-21/h4-8,19-20,22H,9-18H2,1-3H3,(H,25,30). The molecular weight excluding hydrogens is 392 g/mol. The topological polar surface area (TPSA) is 65.1 Å². The Morgan fingerprint density at radius 1 is 1.10 bits per heavy atom. The van der Waals surface area contributed by atoms with Crippen molar-refractivity contribution in [3.63, 3.8) is 0 Å². The van der Waals surface area contributed by atoms with E-state index >= 15 is 0 Å². The second-order valence-corrected chi connectivity index (χ2v) is 9.12. The molecule has 172 valence electrons. The molecule has 0 bridgehead atoms. The molecule has 2 saturated heterocycles. The Labute approximate surface area is 186 Å². The monoisotopic (exact) mass is 430 g/mol. The summed E-state index contributed by atoms with van der Waals surface area (Å²) >= 11 is 0. The molecule has 7 nitrogen and oxygen atoms in total. The van der Waals surface area contributed by atoms with Crippen molar-refractivity contribution in [3.8, 4) is 0 Å². The fourth-order valence-corrected chi connectivity index (χ4v) is 4.66. The molecule has 2 atom stereocenters. The summed E-state index contributed by atoms with van der Waals surface area (Å²) in [5, 5.41) is 2.86. The third kappa shape index (κ3) is 7.51. The number of rotatable bonds is 7. The van der Waals surface area contributed by atoms with Crippen LogP contribution in [0.4, 0.5) is 4.79 Å². The average molecular weight is 431 g/mol. The third-order valence-corrected chi connectivity index (χ3v) is 6.20. The van der Waals surface area contributed by atoms with Crippen molar-refractivity contribution in [1.82, 2.24) is 20.0 Å². The zero-order valence-corrected chi connectivity index (χ0v) is 19.3. The summed E-state index contributed by atoms with van der Waals surface area (Å²) in [5.41, 5.74) is 1.08. The number of morpholine rings is 1. The van der Waals surface area contributed by atoms with Crippen molar-refractivity contribution in [2.75, 3.05) is 46.3 Å². The van der Waals surface area contributed by atoms with E-state index in [2.05, 4.69) is 24.1 Å². The summed E-state index contributed by atoms with van der Waals surface area (Å²) < 4.78 is 5.83. The van der Waals surface area contributed by atoms with Gasteiger partial charge in [-0.25, -0.2) is 4.79 Å². The lowest BCUT2D eigenvalue weighted by Gasteiger charge is -2.39. The van der Waals surface area contributed by atoms with Gasteiger partial charge in [-0.2, -0.15) is 0 Å². The van der Waals surface area contributed by atoms with Crippen LogP contribution in [0.3, 0.4) is 0 Å². The third-order valence-electron chi connectivity index (χ3n) is 6.20. The van der Waals surface area contributed by atoms with Crippen LogP contribution >= 0.6 is 0 Å². The first-order valence-corrected chi connectivity index (χ1v) is 11.6. The molecule has 2 unspecified atom stereocenters. The van der Waals surface area contributed by atoms with Crippen LogP contribution in [0.1, 0.15) is 38.7 Å². The molecule has 1 N–H and O–H groups in total. The van der Waals surface area contributed by atoms with Gasteiger partial charge in [0, 0.05) is 59.3 Å². The maximum Gasteiger partial charge on any atom is 0.317 e. The maximum absolute atomic E-state index is 12.6. The van der Waals surface area contributed by atoms with Gasteiger partial charge in [-0.3, -0.25) is 9.69 Å². The number of urea groups is 1. The minimum absolute atomic E-state index is 0.137. The number of benzene rings is 1. The molecule has 2 aliphatic heterocycles. The zero-order valence-electron chi connectivity index (χ0n) is 19.3. The first-order valence-electron chi connectivity index (χ1n) is 11.6. The minimum atomic E-state index is -0.149. The summed E-state index contributed by atoms with van der Waals surface area (Å²) in [6.07, 6.45) is 3.06. The molecule has 0 aliphatic carbocycles. The smallest absolute Gasteiger partial charge is 0.317 e. The van der Waals surface area contributed by atoms with Crippen LogP contribution < -0.4 is 5.32 Å². The zero-order chi connectivity index (χ0) is 22.2. The van der Waals surface area contributed by atoms with E-state index in [4.69, 9.17) is 4.74 Å². The van der Waals surface area contributed by atoms with Crippen LogP contribution in [0.5, 0.6) is 0 Å². The number of hydrogen-bond acceptors (Lipinski definition) is 4.